The molecular formula is C12H7Cl3FNO. The molecule has 0 fully saturated rings. The van der Waals surface area contributed by atoms with Crippen LogP contribution >= 0.6 is 34.8 Å². The minimum absolute atomic E-state index is 0.210. The van der Waals surface area contributed by atoms with Crippen LogP contribution in [0.5, 0.6) is 0 Å². The Kier molecular flexibility index (Phi) is 4.07. The van der Waals surface area contributed by atoms with E-state index in [1.165, 1.54) is 24.4 Å². The van der Waals surface area contributed by atoms with E-state index in [0.717, 1.165) is 0 Å². The maximum absolute atomic E-state index is 13.6. The van der Waals surface area contributed by atoms with Crippen molar-refractivity contribution in [2.75, 3.05) is 0 Å². The van der Waals surface area contributed by atoms with Crippen LogP contribution in [0.15, 0.2) is 24.4 Å². The summed E-state index contributed by atoms with van der Waals surface area (Å²) in [5, 5.41) is 9.69. The van der Waals surface area contributed by atoms with Crippen LogP contribution in [-0.4, -0.2) is 10.1 Å². The highest BCUT2D eigenvalue weighted by atomic mass is 35.5. The Balaban J connectivity index is 2.61. The highest BCUT2D eigenvalue weighted by molar-refractivity contribution is 6.48. The molecule has 0 saturated carbocycles. The van der Waals surface area contributed by atoms with E-state index in [2.05, 4.69) is 4.98 Å². The summed E-state index contributed by atoms with van der Waals surface area (Å²) in [7, 11) is 0. The highest BCUT2D eigenvalue weighted by Gasteiger charge is 2.12. The molecule has 0 aliphatic carbocycles. The van der Waals surface area contributed by atoms with Gasteiger partial charge in [-0.1, -0.05) is 34.8 Å². The second-order valence-electron chi connectivity index (χ2n) is 3.59. The summed E-state index contributed by atoms with van der Waals surface area (Å²) in [6.07, 6.45) is 1.26. The van der Waals surface area contributed by atoms with Gasteiger partial charge in [0, 0.05) is 11.8 Å². The fraction of sp³-hybridized carbons (Fsp3) is 0.0833. The van der Waals surface area contributed by atoms with Crippen LogP contribution in [0.3, 0.4) is 0 Å². The van der Waals surface area contributed by atoms with Crippen molar-refractivity contribution in [2.45, 2.75) is 6.61 Å². The van der Waals surface area contributed by atoms with Crippen LogP contribution in [-0.2, 0) is 6.61 Å². The van der Waals surface area contributed by atoms with Gasteiger partial charge in [0.15, 0.2) is 0 Å². The molecule has 0 spiro atoms. The zero-order valence-electron chi connectivity index (χ0n) is 8.92. The fourth-order valence-electron chi connectivity index (χ4n) is 1.49. The number of aliphatic hydroxyl groups is 1. The Bertz CT molecular complexity index is 581. The molecule has 6 heteroatoms. The first-order valence-corrected chi connectivity index (χ1v) is 6.06. The van der Waals surface area contributed by atoms with Crippen LogP contribution in [0.4, 0.5) is 4.39 Å². The van der Waals surface area contributed by atoms with Gasteiger partial charge in [0.1, 0.15) is 0 Å². The Morgan fingerprint density at radius 3 is 2.28 bits per heavy atom. The van der Waals surface area contributed by atoms with Gasteiger partial charge >= 0.3 is 0 Å². The molecule has 0 atom stereocenters. The second-order valence-corrected chi connectivity index (χ2v) is 4.79. The molecule has 0 bridgehead atoms. The van der Waals surface area contributed by atoms with E-state index >= 15 is 0 Å². The van der Waals surface area contributed by atoms with E-state index in [4.69, 9.17) is 39.9 Å². The second kappa shape index (κ2) is 5.41. The molecule has 1 N–H and O–H groups in total. The molecule has 0 aliphatic heterocycles. The molecule has 0 amide bonds. The van der Waals surface area contributed by atoms with Gasteiger partial charge in [0.25, 0.3) is 0 Å². The largest absolute Gasteiger partial charge is 0.392 e. The zero-order chi connectivity index (χ0) is 13.3. The van der Waals surface area contributed by atoms with Crippen molar-refractivity contribution in [1.29, 1.82) is 0 Å². The monoisotopic (exact) mass is 305 g/mol. The van der Waals surface area contributed by atoms with E-state index in [-0.39, 0.29) is 27.2 Å². The standard InChI is InChI=1S/C12H7Cl3FNO/c13-9-2-7(3-10(14)11(9)15)8-1-6(5-18)4-17-12(8)16/h1-4,18H,5H2. The number of pyridine rings is 1. The smallest absolute Gasteiger partial charge is 0.220 e. The maximum atomic E-state index is 13.6. The van der Waals surface area contributed by atoms with Crippen molar-refractivity contribution < 1.29 is 9.50 Å². The average Bonchev–Trinajstić information content (AvgIpc) is 2.36. The predicted molar refractivity (Wildman–Crippen MR) is 70.6 cm³/mol. The molecule has 94 valence electrons. The summed E-state index contributed by atoms with van der Waals surface area (Å²) in [5.41, 5.74) is 1.16. The third kappa shape index (κ3) is 2.59. The van der Waals surface area contributed by atoms with Crippen LogP contribution < -0.4 is 0 Å². The van der Waals surface area contributed by atoms with Crippen LogP contribution in [0.25, 0.3) is 11.1 Å². The molecule has 1 heterocycles. The van der Waals surface area contributed by atoms with E-state index in [9.17, 15) is 4.39 Å². The van der Waals surface area contributed by atoms with Gasteiger partial charge in [-0.05, 0) is 29.3 Å². The van der Waals surface area contributed by atoms with Crippen molar-refractivity contribution in [1.82, 2.24) is 4.98 Å². The zero-order valence-corrected chi connectivity index (χ0v) is 11.2. The lowest BCUT2D eigenvalue weighted by atomic mass is 10.1. The summed E-state index contributed by atoms with van der Waals surface area (Å²) in [5.74, 6) is -0.665. The van der Waals surface area contributed by atoms with Crippen LogP contribution in [0, 0.1) is 5.95 Å². The molecular weight excluding hydrogens is 299 g/mol. The quantitative estimate of drug-likeness (QED) is 0.661. The fourth-order valence-corrected chi connectivity index (χ4v) is 2.09. The Hall–Kier alpha value is -0.870. The van der Waals surface area contributed by atoms with Gasteiger partial charge in [-0.15, -0.1) is 0 Å². The maximum Gasteiger partial charge on any atom is 0.220 e. The van der Waals surface area contributed by atoms with Gasteiger partial charge in [-0.25, -0.2) is 4.98 Å². The molecule has 2 nitrogen and oxygen atoms in total. The topological polar surface area (TPSA) is 33.1 Å². The van der Waals surface area contributed by atoms with Crippen molar-refractivity contribution in [2.24, 2.45) is 0 Å². The number of hydrogen-bond donors (Lipinski definition) is 1. The number of aromatic nitrogens is 1. The lowest BCUT2D eigenvalue weighted by Gasteiger charge is -2.07. The predicted octanol–water partition coefficient (Wildman–Crippen LogP) is 4.34. The first-order chi connectivity index (χ1) is 8.52. The van der Waals surface area contributed by atoms with E-state index < -0.39 is 5.95 Å². The minimum Gasteiger partial charge on any atom is -0.392 e. The Labute approximate surface area is 118 Å². The number of rotatable bonds is 2. The van der Waals surface area contributed by atoms with Crippen LogP contribution in [0.2, 0.25) is 15.1 Å². The first kappa shape index (κ1) is 13.6. The number of benzene rings is 1. The lowest BCUT2D eigenvalue weighted by Crippen LogP contribution is -1.93. The van der Waals surface area contributed by atoms with Crippen molar-refractivity contribution >= 4 is 34.8 Å². The SMILES string of the molecule is OCc1cnc(F)c(-c2cc(Cl)c(Cl)c(Cl)c2)c1. The minimum atomic E-state index is -0.665. The van der Waals surface area contributed by atoms with Gasteiger partial charge in [0.05, 0.1) is 21.7 Å². The normalized spacial score (nSPS) is 10.7. The average molecular weight is 307 g/mol. The Morgan fingerprint density at radius 2 is 1.72 bits per heavy atom. The molecule has 0 unspecified atom stereocenters. The van der Waals surface area contributed by atoms with Crippen LogP contribution in [0.1, 0.15) is 5.56 Å². The number of halogens is 4. The van der Waals surface area contributed by atoms with E-state index in [1.807, 2.05) is 0 Å². The van der Waals surface area contributed by atoms with Gasteiger partial charge in [-0.3, -0.25) is 0 Å². The van der Waals surface area contributed by atoms with Gasteiger partial charge < -0.3 is 5.11 Å². The third-order valence-electron chi connectivity index (χ3n) is 2.37. The highest BCUT2D eigenvalue weighted by Crippen LogP contribution is 2.35. The van der Waals surface area contributed by atoms with Crippen molar-refractivity contribution in [3.63, 3.8) is 0 Å². The summed E-state index contributed by atoms with van der Waals surface area (Å²) in [4.78, 5) is 3.56. The molecule has 0 radical (unpaired) electrons. The molecule has 1 aromatic carbocycles. The molecule has 2 aromatic rings. The molecule has 0 saturated heterocycles. The van der Waals surface area contributed by atoms with E-state index in [0.29, 0.717) is 11.1 Å². The van der Waals surface area contributed by atoms with E-state index in [1.54, 1.807) is 0 Å². The summed E-state index contributed by atoms with van der Waals surface area (Å²) >= 11 is 17.6. The first-order valence-electron chi connectivity index (χ1n) is 4.93. The summed E-state index contributed by atoms with van der Waals surface area (Å²) in [6.45, 7) is -0.227. The summed E-state index contributed by atoms with van der Waals surface area (Å²) in [6, 6.07) is 4.48. The molecule has 1 aromatic heterocycles. The van der Waals surface area contributed by atoms with Gasteiger partial charge in [-0.2, -0.15) is 4.39 Å². The number of hydrogen-bond acceptors (Lipinski definition) is 2. The lowest BCUT2D eigenvalue weighted by molar-refractivity contribution is 0.281. The summed E-state index contributed by atoms with van der Waals surface area (Å²) < 4.78 is 13.6. The van der Waals surface area contributed by atoms with Gasteiger partial charge in [0.2, 0.25) is 5.95 Å². The Morgan fingerprint density at radius 1 is 1.11 bits per heavy atom. The third-order valence-corrected chi connectivity index (χ3v) is 3.57. The molecule has 2 rings (SSSR count). The molecule has 0 aliphatic rings. The number of aliphatic hydroxyl groups excluding tert-OH is 1. The molecule has 18 heavy (non-hydrogen) atoms. The van der Waals surface area contributed by atoms with Crippen molar-refractivity contribution in [3.05, 3.63) is 51.0 Å². The van der Waals surface area contributed by atoms with Crippen molar-refractivity contribution in [3.8, 4) is 11.1 Å². The number of nitrogens with zero attached hydrogens (tertiary/aromatic N) is 1.